The second-order valence-corrected chi connectivity index (χ2v) is 11.0. The van der Waals surface area contributed by atoms with E-state index in [0.717, 1.165) is 35.1 Å². The van der Waals surface area contributed by atoms with Gasteiger partial charge in [0.1, 0.15) is 0 Å². The van der Waals surface area contributed by atoms with Crippen molar-refractivity contribution in [3.8, 4) is 34.8 Å². The number of unbranched alkanes of at least 4 members (excludes halogenated alkanes) is 2. The van der Waals surface area contributed by atoms with Crippen LogP contribution in [0.2, 0.25) is 10.0 Å². The zero-order chi connectivity index (χ0) is 28.1. The van der Waals surface area contributed by atoms with Crippen LogP contribution < -0.4 is 0 Å². The van der Waals surface area contributed by atoms with E-state index in [0.29, 0.717) is 32.3 Å². The molecular weight excluding hydrogens is 531 g/mol. The van der Waals surface area contributed by atoms with Gasteiger partial charge in [0.15, 0.2) is 5.78 Å². The Labute approximate surface area is 247 Å². The summed E-state index contributed by atoms with van der Waals surface area (Å²) in [5.41, 5.74) is 8.44. The van der Waals surface area contributed by atoms with Crippen LogP contribution in [0.25, 0.3) is 11.1 Å². The molecule has 4 aromatic rings. The Kier molecular flexibility index (Phi) is 8.77. The third-order valence-electron chi connectivity index (χ3n) is 7.22. The molecule has 0 heterocycles. The summed E-state index contributed by atoms with van der Waals surface area (Å²) < 4.78 is 0. The average molecular weight is 562 g/mol. The number of carbonyl (C=O) groups is 1. The fourth-order valence-corrected chi connectivity index (χ4v) is 5.28. The lowest BCUT2D eigenvalue weighted by Crippen LogP contribution is -1.97. The molecule has 0 aliphatic heterocycles. The van der Waals surface area contributed by atoms with Crippen molar-refractivity contribution in [1.29, 1.82) is 0 Å². The highest BCUT2D eigenvalue weighted by Gasteiger charge is 2.29. The first-order valence-corrected chi connectivity index (χ1v) is 14.7. The summed E-state index contributed by atoms with van der Waals surface area (Å²) in [5, 5.41) is 1.02. The third kappa shape index (κ3) is 6.18. The number of fused-ring (bicyclic) bond motifs is 3. The first-order valence-electron chi connectivity index (χ1n) is 13.9. The molecule has 0 fully saturated rings. The van der Waals surface area contributed by atoms with E-state index in [2.05, 4.69) is 61.8 Å². The molecule has 1 nitrogen and oxygen atoms in total. The van der Waals surface area contributed by atoms with Crippen LogP contribution in [-0.4, -0.2) is 5.78 Å². The zero-order valence-corrected chi connectivity index (χ0v) is 24.3. The second kappa shape index (κ2) is 12.6. The molecule has 0 unspecified atom stereocenters. The van der Waals surface area contributed by atoms with Gasteiger partial charge in [-0.15, -0.1) is 0 Å². The largest absolute Gasteiger partial charge is 0.289 e. The highest BCUT2D eigenvalue weighted by Crippen LogP contribution is 2.41. The summed E-state index contributed by atoms with van der Waals surface area (Å²) in [4.78, 5) is 13.4. The molecule has 5 rings (SSSR count). The number of benzene rings is 4. The van der Waals surface area contributed by atoms with Crippen molar-refractivity contribution in [3.05, 3.63) is 127 Å². The van der Waals surface area contributed by atoms with Crippen LogP contribution in [0, 0.1) is 23.7 Å². The van der Waals surface area contributed by atoms with Gasteiger partial charge in [0.2, 0.25) is 0 Å². The summed E-state index contributed by atoms with van der Waals surface area (Å²) in [6.07, 6.45) is 6.86. The van der Waals surface area contributed by atoms with E-state index in [-0.39, 0.29) is 5.78 Å². The van der Waals surface area contributed by atoms with Crippen molar-refractivity contribution in [3.63, 3.8) is 0 Å². The monoisotopic (exact) mass is 560 g/mol. The number of carbonyl (C=O) groups excluding carboxylic acids is 1. The van der Waals surface area contributed by atoms with E-state index >= 15 is 0 Å². The minimum Gasteiger partial charge on any atom is -0.289 e. The molecule has 0 saturated heterocycles. The zero-order valence-electron chi connectivity index (χ0n) is 22.8. The van der Waals surface area contributed by atoms with Gasteiger partial charge in [0.25, 0.3) is 0 Å². The van der Waals surface area contributed by atoms with Crippen LogP contribution >= 0.6 is 23.2 Å². The molecule has 0 radical (unpaired) electrons. The molecule has 198 valence electrons. The van der Waals surface area contributed by atoms with E-state index in [1.54, 1.807) is 12.1 Å². The number of aryl methyl sites for hydroxylation is 2. The lowest BCUT2D eigenvalue weighted by molar-refractivity contribution is 0.104. The molecule has 0 bridgehead atoms. The predicted molar refractivity (Wildman–Crippen MR) is 167 cm³/mol. The van der Waals surface area contributed by atoms with Gasteiger partial charge in [-0.1, -0.05) is 97.8 Å². The normalized spacial score (nSPS) is 11.2. The molecule has 40 heavy (non-hydrogen) atoms. The molecule has 3 heteroatoms. The minimum absolute atomic E-state index is 0.0648. The highest BCUT2D eigenvalue weighted by molar-refractivity contribution is 6.35. The van der Waals surface area contributed by atoms with Crippen molar-refractivity contribution in [2.75, 3.05) is 0 Å². The lowest BCUT2D eigenvalue weighted by Gasteiger charge is -2.05. The second-order valence-electron chi connectivity index (χ2n) is 10.2. The van der Waals surface area contributed by atoms with Gasteiger partial charge in [-0.2, -0.15) is 0 Å². The Morgan fingerprint density at radius 3 is 1.32 bits per heavy atom. The molecule has 1 aliphatic rings. The van der Waals surface area contributed by atoms with Gasteiger partial charge < -0.3 is 0 Å². The van der Waals surface area contributed by atoms with E-state index in [9.17, 15) is 4.79 Å². The number of hydrogen-bond donors (Lipinski definition) is 0. The smallest absolute Gasteiger partial charge is 0.194 e. The molecule has 0 atom stereocenters. The molecule has 4 aromatic carbocycles. The molecule has 0 aromatic heterocycles. The topological polar surface area (TPSA) is 17.1 Å². The van der Waals surface area contributed by atoms with Crippen LogP contribution in [0.1, 0.15) is 88.8 Å². The van der Waals surface area contributed by atoms with E-state index in [1.807, 2.05) is 36.4 Å². The lowest BCUT2D eigenvalue weighted by atomic mass is 10.0. The maximum absolute atomic E-state index is 13.4. The van der Waals surface area contributed by atoms with Gasteiger partial charge in [-0.3, -0.25) is 4.79 Å². The Bertz CT molecular complexity index is 1560. The van der Waals surface area contributed by atoms with Crippen molar-refractivity contribution < 1.29 is 4.79 Å². The van der Waals surface area contributed by atoms with Gasteiger partial charge in [-0.05, 0) is 96.5 Å². The van der Waals surface area contributed by atoms with E-state index in [1.165, 1.54) is 36.8 Å². The standard InChI is InChI=1S/C37H30Cl2O/c1-3-5-7-25-9-13-27(14-10-25)17-19-29-21-33-31(23-35(29)38)32-24-36(39)30(22-34(32)37(33)40)20-18-28-15-11-26(12-16-28)8-6-4-2/h9-16,21-24H,3-8H2,1-2H3. The highest BCUT2D eigenvalue weighted by atomic mass is 35.5. The van der Waals surface area contributed by atoms with Crippen molar-refractivity contribution in [2.45, 2.75) is 52.4 Å². The molecule has 1 aliphatic carbocycles. The Balaban J connectivity index is 1.39. The molecular formula is C37H30Cl2O. The molecule has 0 spiro atoms. The SMILES string of the molecule is CCCCc1ccc(C#Cc2cc3c(cc2Cl)-c2cc(Cl)c(C#Cc4ccc(CCCC)cc4)cc2C3=O)cc1. The van der Waals surface area contributed by atoms with Gasteiger partial charge >= 0.3 is 0 Å². The van der Waals surface area contributed by atoms with Crippen LogP contribution in [0.5, 0.6) is 0 Å². The summed E-state index contributed by atoms with van der Waals surface area (Å²) in [7, 11) is 0. The molecule has 0 saturated carbocycles. The Morgan fingerprint density at radius 1 is 0.550 bits per heavy atom. The summed E-state index contributed by atoms with van der Waals surface area (Å²) >= 11 is 13.3. The van der Waals surface area contributed by atoms with Crippen LogP contribution in [0.4, 0.5) is 0 Å². The van der Waals surface area contributed by atoms with Crippen molar-refractivity contribution >= 4 is 29.0 Å². The van der Waals surface area contributed by atoms with E-state index < -0.39 is 0 Å². The van der Waals surface area contributed by atoms with Gasteiger partial charge in [-0.25, -0.2) is 0 Å². The quantitative estimate of drug-likeness (QED) is 0.189. The Morgan fingerprint density at radius 2 is 0.950 bits per heavy atom. The molecule has 0 N–H and O–H groups in total. The van der Waals surface area contributed by atoms with Crippen LogP contribution in [-0.2, 0) is 12.8 Å². The van der Waals surface area contributed by atoms with Gasteiger partial charge in [0, 0.05) is 33.4 Å². The molecule has 0 amide bonds. The maximum atomic E-state index is 13.4. The third-order valence-corrected chi connectivity index (χ3v) is 7.85. The summed E-state index contributed by atoms with van der Waals surface area (Å²) in [6, 6.07) is 23.8. The predicted octanol–water partition coefficient (Wildman–Crippen LogP) is 9.69. The fourth-order valence-electron chi connectivity index (χ4n) is 4.85. The van der Waals surface area contributed by atoms with Crippen molar-refractivity contribution in [2.24, 2.45) is 0 Å². The van der Waals surface area contributed by atoms with Crippen LogP contribution in [0.3, 0.4) is 0 Å². The van der Waals surface area contributed by atoms with E-state index in [4.69, 9.17) is 23.2 Å². The number of hydrogen-bond acceptors (Lipinski definition) is 1. The van der Waals surface area contributed by atoms with Gasteiger partial charge in [0.05, 0.1) is 10.0 Å². The summed E-state index contributed by atoms with van der Waals surface area (Å²) in [6.45, 7) is 4.39. The first kappa shape index (κ1) is 27.8. The Hall–Kier alpha value is -3.75. The number of ketones is 1. The van der Waals surface area contributed by atoms with Crippen molar-refractivity contribution in [1.82, 2.24) is 0 Å². The minimum atomic E-state index is -0.0648. The van der Waals surface area contributed by atoms with Crippen LogP contribution in [0.15, 0.2) is 72.8 Å². The summed E-state index contributed by atoms with van der Waals surface area (Å²) in [5.74, 6) is 12.6. The maximum Gasteiger partial charge on any atom is 0.194 e. The average Bonchev–Trinajstić information content (AvgIpc) is 3.22. The fraction of sp³-hybridized carbons (Fsp3) is 0.216. The number of rotatable bonds is 6. The number of halogens is 2. The first-order chi connectivity index (χ1) is 19.5.